The highest BCUT2D eigenvalue weighted by Crippen LogP contribution is 2.25. The molecule has 0 aliphatic heterocycles. The molecule has 0 spiro atoms. The van der Waals surface area contributed by atoms with Crippen molar-refractivity contribution >= 4 is 28.4 Å². The van der Waals surface area contributed by atoms with Gasteiger partial charge in [0.1, 0.15) is 5.78 Å². The maximum absolute atomic E-state index is 11.2. The minimum atomic E-state index is 0.292. The second kappa shape index (κ2) is 3.69. The molecular weight excluding hydrogens is 239 g/mol. The van der Waals surface area contributed by atoms with E-state index in [2.05, 4.69) is 29.5 Å². The van der Waals surface area contributed by atoms with E-state index in [4.69, 9.17) is 0 Å². The Kier molecular flexibility index (Phi) is 3.14. The zero-order valence-electron chi connectivity index (χ0n) is 6.27. The minimum Gasteiger partial charge on any atom is -0.299 e. The van der Waals surface area contributed by atoms with Crippen molar-refractivity contribution < 1.29 is 4.79 Å². The lowest BCUT2D eigenvalue weighted by Gasteiger charge is -2.11. The van der Waals surface area contributed by atoms with Gasteiger partial charge >= 0.3 is 0 Å². The van der Waals surface area contributed by atoms with Crippen LogP contribution in [0.25, 0.3) is 0 Å². The maximum atomic E-state index is 11.2. The summed E-state index contributed by atoms with van der Waals surface area (Å²) in [6, 6.07) is 0. The Morgan fingerprint density at radius 2 is 2.20 bits per heavy atom. The van der Waals surface area contributed by atoms with Gasteiger partial charge in [-0.25, -0.2) is 0 Å². The molecule has 2 atom stereocenters. The SMILES string of the molecule is C[C@@H]1CCCCC(=O)[C@@H]1I. The lowest BCUT2D eigenvalue weighted by Crippen LogP contribution is -2.18. The summed E-state index contributed by atoms with van der Waals surface area (Å²) in [5.74, 6) is 1.07. The van der Waals surface area contributed by atoms with E-state index in [0.29, 0.717) is 15.6 Å². The van der Waals surface area contributed by atoms with Gasteiger partial charge in [-0.05, 0) is 18.8 Å². The van der Waals surface area contributed by atoms with Gasteiger partial charge in [0, 0.05) is 6.42 Å². The molecule has 2 heteroatoms. The molecule has 10 heavy (non-hydrogen) atoms. The maximum Gasteiger partial charge on any atom is 0.145 e. The third-order valence-electron chi connectivity index (χ3n) is 2.14. The van der Waals surface area contributed by atoms with Crippen LogP contribution in [0.2, 0.25) is 0 Å². The van der Waals surface area contributed by atoms with Crippen molar-refractivity contribution in [3.63, 3.8) is 0 Å². The van der Waals surface area contributed by atoms with Gasteiger partial charge in [0.2, 0.25) is 0 Å². The van der Waals surface area contributed by atoms with Crippen molar-refractivity contribution in [2.24, 2.45) is 5.92 Å². The molecule has 0 aromatic rings. The molecule has 1 saturated carbocycles. The zero-order chi connectivity index (χ0) is 7.56. The van der Waals surface area contributed by atoms with Crippen molar-refractivity contribution in [3.05, 3.63) is 0 Å². The van der Waals surface area contributed by atoms with Crippen LogP contribution >= 0.6 is 22.6 Å². The average molecular weight is 252 g/mol. The van der Waals surface area contributed by atoms with Gasteiger partial charge in [0.15, 0.2) is 0 Å². The number of alkyl halides is 1. The van der Waals surface area contributed by atoms with Crippen LogP contribution in [-0.2, 0) is 4.79 Å². The van der Waals surface area contributed by atoms with E-state index in [-0.39, 0.29) is 0 Å². The summed E-state index contributed by atoms with van der Waals surface area (Å²) in [4.78, 5) is 11.2. The molecule has 1 nitrogen and oxygen atoms in total. The molecule has 0 bridgehead atoms. The summed E-state index contributed by atoms with van der Waals surface area (Å²) in [5, 5.41) is 0. The number of Topliss-reactive ketones (excluding diaryl/α,β-unsaturated/α-hetero) is 1. The molecule has 0 amide bonds. The Balaban J connectivity index is 2.55. The van der Waals surface area contributed by atoms with Gasteiger partial charge in [0.25, 0.3) is 0 Å². The molecule has 0 aromatic heterocycles. The Morgan fingerprint density at radius 1 is 1.50 bits per heavy atom. The third kappa shape index (κ3) is 1.94. The Morgan fingerprint density at radius 3 is 2.90 bits per heavy atom. The fourth-order valence-electron chi connectivity index (χ4n) is 1.37. The second-order valence-corrected chi connectivity index (χ2v) is 4.43. The average Bonchev–Trinajstić information content (AvgIpc) is 2.04. The van der Waals surface area contributed by atoms with E-state index in [1.165, 1.54) is 12.8 Å². The first kappa shape index (κ1) is 8.50. The molecule has 0 aromatic carbocycles. The lowest BCUT2D eigenvalue weighted by atomic mass is 10.0. The topological polar surface area (TPSA) is 17.1 Å². The monoisotopic (exact) mass is 252 g/mol. The van der Waals surface area contributed by atoms with E-state index in [9.17, 15) is 4.79 Å². The highest BCUT2D eigenvalue weighted by molar-refractivity contribution is 14.1. The first-order valence-electron chi connectivity index (χ1n) is 3.88. The second-order valence-electron chi connectivity index (χ2n) is 3.09. The van der Waals surface area contributed by atoms with E-state index < -0.39 is 0 Å². The fraction of sp³-hybridized carbons (Fsp3) is 0.875. The van der Waals surface area contributed by atoms with Crippen LogP contribution in [0.1, 0.15) is 32.6 Å². The van der Waals surface area contributed by atoms with Gasteiger partial charge in [-0.2, -0.15) is 0 Å². The number of ketones is 1. The van der Waals surface area contributed by atoms with E-state index >= 15 is 0 Å². The minimum absolute atomic E-state index is 0.292. The summed E-state index contributed by atoms with van der Waals surface area (Å²) >= 11 is 2.28. The van der Waals surface area contributed by atoms with E-state index in [1.54, 1.807) is 0 Å². The summed E-state index contributed by atoms with van der Waals surface area (Å²) in [6.45, 7) is 2.18. The normalized spacial score (nSPS) is 35.6. The van der Waals surface area contributed by atoms with Crippen LogP contribution in [0.15, 0.2) is 0 Å². The molecule has 1 aliphatic carbocycles. The molecular formula is C8H13IO. The van der Waals surface area contributed by atoms with Crippen molar-refractivity contribution in [2.75, 3.05) is 0 Å². The highest BCUT2D eigenvalue weighted by Gasteiger charge is 2.23. The zero-order valence-corrected chi connectivity index (χ0v) is 8.43. The van der Waals surface area contributed by atoms with E-state index in [0.717, 1.165) is 12.8 Å². The largest absolute Gasteiger partial charge is 0.299 e. The number of carbonyl (C=O) groups is 1. The molecule has 58 valence electrons. The third-order valence-corrected chi connectivity index (χ3v) is 4.06. The Bertz CT molecular complexity index is 133. The van der Waals surface area contributed by atoms with Gasteiger partial charge in [-0.15, -0.1) is 0 Å². The number of hydrogen-bond acceptors (Lipinski definition) is 1. The standard InChI is InChI=1S/C8H13IO/c1-6-4-2-3-5-7(10)8(6)9/h6,8H,2-5H2,1H3/t6-,8-/m1/s1. The molecule has 0 heterocycles. The van der Waals surface area contributed by atoms with Crippen molar-refractivity contribution in [3.8, 4) is 0 Å². The first-order valence-corrected chi connectivity index (χ1v) is 5.13. The predicted molar refractivity (Wildman–Crippen MR) is 50.4 cm³/mol. The summed E-state index contributed by atoms with van der Waals surface area (Å²) in [7, 11) is 0. The predicted octanol–water partition coefficient (Wildman–Crippen LogP) is 2.57. The molecule has 1 fully saturated rings. The van der Waals surface area contributed by atoms with Crippen molar-refractivity contribution in [1.29, 1.82) is 0 Å². The number of carbonyl (C=O) groups excluding carboxylic acids is 1. The Hall–Kier alpha value is 0.400. The molecule has 1 aliphatic rings. The molecule has 0 N–H and O–H groups in total. The molecule has 1 rings (SSSR count). The van der Waals surface area contributed by atoms with E-state index in [1.807, 2.05) is 0 Å². The fourth-order valence-corrected chi connectivity index (χ4v) is 2.04. The van der Waals surface area contributed by atoms with Crippen LogP contribution < -0.4 is 0 Å². The molecule has 0 radical (unpaired) electrons. The van der Waals surface area contributed by atoms with Crippen LogP contribution in [0.4, 0.5) is 0 Å². The number of rotatable bonds is 0. The van der Waals surface area contributed by atoms with Crippen LogP contribution in [0.5, 0.6) is 0 Å². The van der Waals surface area contributed by atoms with Crippen LogP contribution in [0.3, 0.4) is 0 Å². The molecule has 0 saturated heterocycles. The summed E-state index contributed by atoms with van der Waals surface area (Å²) in [5.41, 5.74) is 0. The number of halogens is 1. The quantitative estimate of drug-likeness (QED) is 0.368. The van der Waals surface area contributed by atoms with Gasteiger partial charge in [-0.3, -0.25) is 4.79 Å². The van der Waals surface area contributed by atoms with Crippen LogP contribution in [-0.4, -0.2) is 9.71 Å². The van der Waals surface area contributed by atoms with Crippen molar-refractivity contribution in [1.82, 2.24) is 0 Å². The summed E-state index contributed by atoms with van der Waals surface area (Å²) < 4.78 is 0.292. The smallest absolute Gasteiger partial charge is 0.145 e. The molecule has 0 unspecified atom stereocenters. The van der Waals surface area contributed by atoms with Gasteiger partial charge in [-0.1, -0.05) is 35.9 Å². The summed E-state index contributed by atoms with van der Waals surface area (Å²) in [6.07, 6.45) is 4.41. The van der Waals surface area contributed by atoms with Crippen molar-refractivity contribution in [2.45, 2.75) is 36.5 Å². The first-order chi connectivity index (χ1) is 4.72. The number of hydrogen-bond donors (Lipinski definition) is 0. The van der Waals surface area contributed by atoms with Gasteiger partial charge in [0.05, 0.1) is 3.92 Å². The lowest BCUT2D eigenvalue weighted by molar-refractivity contribution is -0.118. The van der Waals surface area contributed by atoms with Gasteiger partial charge < -0.3 is 0 Å². The highest BCUT2D eigenvalue weighted by atomic mass is 127. The Labute approximate surface area is 75.7 Å². The van der Waals surface area contributed by atoms with Crippen LogP contribution in [0, 0.1) is 5.92 Å².